The van der Waals surface area contributed by atoms with Gasteiger partial charge in [0.15, 0.2) is 0 Å². The molecule has 1 atom stereocenters. The molecule has 2 fully saturated rings. The van der Waals surface area contributed by atoms with Gasteiger partial charge in [-0.05, 0) is 89.4 Å². The second-order valence-electron chi connectivity index (χ2n) is 13.6. The molecule has 10 rings (SSSR count). The van der Waals surface area contributed by atoms with Gasteiger partial charge in [0.1, 0.15) is 0 Å². The van der Waals surface area contributed by atoms with Gasteiger partial charge in [-0.1, -0.05) is 105 Å². The van der Waals surface area contributed by atoms with Gasteiger partial charge in [0.25, 0.3) is 0 Å². The van der Waals surface area contributed by atoms with Crippen LogP contribution in [0.2, 0.25) is 0 Å². The van der Waals surface area contributed by atoms with Crippen molar-refractivity contribution < 1.29 is 0 Å². The van der Waals surface area contributed by atoms with Crippen LogP contribution in [0, 0.1) is 0 Å². The summed E-state index contributed by atoms with van der Waals surface area (Å²) in [6.45, 7) is 0. The van der Waals surface area contributed by atoms with Crippen molar-refractivity contribution in [1.29, 1.82) is 0 Å². The van der Waals surface area contributed by atoms with Gasteiger partial charge in [0, 0.05) is 42.4 Å². The lowest BCUT2D eigenvalue weighted by molar-refractivity contribution is 0.255. The molecule has 210 valence electrons. The molecule has 6 aromatic rings. The number of fused-ring (bicyclic) bond motifs is 12. The molecule has 4 aliphatic rings. The highest BCUT2D eigenvalue weighted by atomic mass is 32.1. The van der Waals surface area contributed by atoms with Crippen molar-refractivity contribution in [3.63, 3.8) is 0 Å². The summed E-state index contributed by atoms with van der Waals surface area (Å²) in [6, 6.07) is 42.4. The Labute approximate surface area is 257 Å². The summed E-state index contributed by atoms with van der Waals surface area (Å²) in [5.41, 5.74) is 12.2. The fourth-order valence-electron chi connectivity index (χ4n) is 10.1. The summed E-state index contributed by atoms with van der Waals surface area (Å²) in [7, 11) is 0. The van der Waals surface area contributed by atoms with Crippen molar-refractivity contribution in [3.8, 4) is 22.3 Å². The first-order chi connectivity index (χ1) is 21.3. The van der Waals surface area contributed by atoms with E-state index in [1.54, 1.807) is 11.1 Å². The maximum absolute atomic E-state index is 2.85. The largest absolute Gasteiger partial charge is 0.336 e. The van der Waals surface area contributed by atoms with Crippen molar-refractivity contribution in [2.24, 2.45) is 0 Å². The molecular formula is C41H35NS. The van der Waals surface area contributed by atoms with Crippen molar-refractivity contribution >= 4 is 42.9 Å². The van der Waals surface area contributed by atoms with Crippen LogP contribution < -0.4 is 4.90 Å². The Kier molecular flexibility index (Phi) is 5.04. The molecule has 2 aliphatic carbocycles. The third-order valence-electron chi connectivity index (χ3n) is 11.7. The van der Waals surface area contributed by atoms with E-state index in [9.17, 15) is 0 Å². The number of hydrogen-bond donors (Lipinski definition) is 0. The van der Waals surface area contributed by atoms with E-state index in [0.29, 0.717) is 6.04 Å². The molecule has 0 bridgehead atoms. The van der Waals surface area contributed by atoms with Gasteiger partial charge in [-0.25, -0.2) is 0 Å². The molecule has 2 heteroatoms. The summed E-state index contributed by atoms with van der Waals surface area (Å²) >= 11 is 1.95. The van der Waals surface area contributed by atoms with Gasteiger partial charge in [-0.3, -0.25) is 0 Å². The lowest BCUT2D eigenvalue weighted by atomic mass is 9.62. The van der Waals surface area contributed by atoms with E-state index in [2.05, 4.69) is 114 Å². The summed E-state index contributed by atoms with van der Waals surface area (Å²) in [5.74, 6) is 0. The zero-order chi connectivity index (χ0) is 28.2. The minimum atomic E-state index is 0.232. The minimum absolute atomic E-state index is 0.232. The Hall–Kier alpha value is -3.88. The summed E-state index contributed by atoms with van der Waals surface area (Å²) in [4.78, 5) is 2.85. The van der Waals surface area contributed by atoms with Gasteiger partial charge in [0.2, 0.25) is 0 Å². The first-order valence-corrected chi connectivity index (χ1v) is 17.1. The van der Waals surface area contributed by atoms with Crippen LogP contribution in [-0.2, 0) is 10.8 Å². The summed E-state index contributed by atoms with van der Waals surface area (Å²) in [6.07, 6.45) is 10.7. The van der Waals surface area contributed by atoms with E-state index >= 15 is 0 Å². The average Bonchev–Trinajstić information content (AvgIpc) is 3.89. The maximum atomic E-state index is 2.85. The highest BCUT2D eigenvalue weighted by molar-refractivity contribution is 7.26. The first kappa shape index (κ1) is 24.6. The van der Waals surface area contributed by atoms with E-state index in [4.69, 9.17) is 0 Å². The third-order valence-corrected chi connectivity index (χ3v) is 12.9. The zero-order valence-corrected chi connectivity index (χ0v) is 25.3. The Bertz CT molecular complexity index is 2060. The molecule has 0 radical (unpaired) electrons. The molecule has 1 unspecified atom stereocenters. The van der Waals surface area contributed by atoms with E-state index in [0.717, 1.165) is 0 Å². The fraction of sp³-hybridized carbons (Fsp3) is 0.268. The molecular weight excluding hydrogens is 539 g/mol. The molecule has 5 aromatic carbocycles. The average molecular weight is 574 g/mol. The molecule has 2 spiro atoms. The molecule has 2 aliphatic heterocycles. The minimum Gasteiger partial charge on any atom is -0.336 e. The van der Waals surface area contributed by atoms with Crippen LogP contribution in [0.1, 0.15) is 62.5 Å². The van der Waals surface area contributed by atoms with Gasteiger partial charge in [-0.15, -0.1) is 11.3 Å². The molecule has 1 aromatic heterocycles. The lowest BCUT2D eigenvalue weighted by Gasteiger charge is -2.43. The van der Waals surface area contributed by atoms with Crippen LogP contribution in [0.4, 0.5) is 11.4 Å². The SMILES string of the molecule is c1ccc(-c2ccc3c(c2)C2(CCCC2)C2N3c3ccc(-c4cccc5c4sc4ccccc45)cc3C23CCCC3)cc1. The van der Waals surface area contributed by atoms with Crippen LogP contribution in [0.5, 0.6) is 0 Å². The molecule has 43 heavy (non-hydrogen) atoms. The lowest BCUT2D eigenvalue weighted by Crippen LogP contribution is -2.50. The summed E-state index contributed by atoms with van der Waals surface area (Å²) < 4.78 is 2.81. The van der Waals surface area contributed by atoms with Crippen molar-refractivity contribution in [2.45, 2.75) is 68.2 Å². The third kappa shape index (κ3) is 3.18. The van der Waals surface area contributed by atoms with E-state index in [-0.39, 0.29) is 10.8 Å². The Morgan fingerprint density at radius 2 is 1.14 bits per heavy atom. The predicted octanol–water partition coefficient (Wildman–Crippen LogP) is 11.5. The van der Waals surface area contributed by atoms with Gasteiger partial charge in [0.05, 0.1) is 6.04 Å². The van der Waals surface area contributed by atoms with Gasteiger partial charge >= 0.3 is 0 Å². The van der Waals surface area contributed by atoms with Crippen LogP contribution in [-0.4, -0.2) is 6.04 Å². The number of hydrogen-bond acceptors (Lipinski definition) is 2. The number of thiophene rings is 1. The van der Waals surface area contributed by atoms with E-state index in [1.165, 1.54) is 105 Å². The molecule has 0 amide bonds. The Morgan fingerprint density at radius 1 is 0.535 bits per heavy atom. The predicted molar refractivity (Wildman–Crippen MR) is 183 cm³/mol. The van der Waals surface area contributed by atoms with E-state index < -0.39 is 0 Å². The molecule has 2 saturated carbocycles. The number of anilines is 2. The van der Waals surface area contributed by atoms with Gasteiger partial charge < -0.3 is 4.90 Å². The van der Waals surface area contributed by atoms with Crippen LogP contribution >= 0.6 is 11.3 Å². The zero-order valence-electron chi connectivity index (χ0n) is 24.5. The van der Waals surface area contributed by atoms with Crippen molar-refractivity contribution in [3.05, 3.63) is 120 Å². The molecule has 1 nitrogen and oxygen atoms in total. The normalized spacial score (nSPS) is 20.8. The Balaban J connectivity index is 1.19. The first-order valence-electron chi connectivity index (χ1n) is 16.3. The highest BCUT2D eigenvalue weighted by Crippen LogP contribution is 2.69. The molecule has 3 heterocycles. The number of rotatable bonds is 2. The quantitative estimate of drug-likeness (QED) is 0.199. The van der Waals surface area contributed by atoms with Crippen LogP contribution in [0.25, 0.3) is 42.4 Å². The molecule has 0 N–H and O–H groups in total. The maximum Gasteiger partial charge on any atom is 0.0537 e. The standard InChI is InChI=1S/C41H35NS/c1-2-11-27(12-3-1)28-17-19-35-33(25-28)40(21-6-7-22-40)39-41(23-8-9-24-41)34-26-29(18-20-36(34)42(35)39)30-14-10-15-32-31-13-4-5-16-37(31)43-38(30)32/h1-5,10-20,25-26,39H,6-9,21-24H2. The topological polar surface area (TPSA) is 3.24 Å². The smallest absolute Gasteiger partial charge is 0.0537 e. The number of benzene rings is 5. The van der Waals surface area contributed by atoms with Crippen LogP contribution in [0.3, 0.4) is 0 Å². The van der Waals surface area contributed by atoms with E-state index in [1.807, 2.05) is 11.3 Å². The second kappa shape index (κ2) is 8.83. The van der Waals surface area contributed by atoms with Crippen LogP contribution in [0.15, 0.2) is 109 Å². The molecule has 0 saturated heterocycles. The second-order valence-corrected chi connectivity index (χ2v) is 14.7. The summed E-state index contributed by atoms with van der Waals surface area (Å²) in [5, 5.41) is 2.77. The van der Waals surface area contributed by atoms with Crippen molar-refractivity contribution in [2.75, 3.05) is 4.90 Å². The van der Waals surface area contributed by atoms with Crippen molar-refractivity contribution in [1.82, 2.24) is 0 Å². The Morgan fingerprint density at radius 3 is 1.86 bits per heavy atom. The highest BCUT2D eigenvalue weighted by Gasteiger charge is 2.65. The fourth-order valence-corrected chi connectivity index (χ4v) is 11.3. The van der Waals surface area contributed by atoms with Gasteiger partial charge in [-0.2, -0.15) is 0 Å². The number of nitrogens with zero attached hydrogens (tertiary/aromatic N) is 1. The monoisotopic (exact) mass is 573 g/mol.